The van der Waals surface area contributed by atoms with Crippen LogP contribution in [0.1, 0.15) is 86.0 Å². The Labute approximate surface area is 275 Å². The fourth-order valence-electron chi connectivity index (χ4n) is 10.3. The van der Waals surface area contributed by atoms with Crippen molar-refractivity contribution in [3.8, 4) is 0 Å². The number of rotatable bonds is 8. The van der Waals surface area contributed by atoms with Gasteiger partial charge < -0.3 is 38.6 Å². The number of fused-ring (bicyclic) bond motifs is 5. The van der Waals surface area contributed by atoms with E-state index in [4.69, 9.17) is 28.4 Å². The summed E-state index contributed by atoms with van der Waals surface area (Å²) in [5.74, 6) is -2.42. The highest BCUT2D eigenvalue weighted by atomic mass is 16.7. The summed E-state index contributed by atoms with van der Waals surface area (Å²) in [6, 6.07) is 0. The molecule has 264 valence electrons. The molecule has 0 radical (unpaired) electrons. The number of ether oxygens (including phenoxy) is 6. The molecule has 5 aliphatic rings. The van der Waals surface area contributed by atoms with E-state index >= 15 is 0 Å². The molecule has 5 rings (SSSR count). The van der Waals surface area contributed by atoms with Crippen LogP contribution in [0.25, 0.3) is 0 Å². The topological polar surface area (TPSA) is 181 Å². The maximum atomic E-state index is 14.0. The van der Waals surface area contributed by atoms with E-state index in [1.165, 1.54) is 6.92 Å². The number of carbonyl (C=O) groups is 5. The summed E-state index contributed by atoms with van der Waals surface area (Å²) in [4.78, 5) is 63.2. The molecule has 2 N–H and O–H groups in total. The molecule has 1 aliphatic heterocycles. The monoisotopic (exact) mass is 666 g/mol. The van der Waals surface area contributed by atoms with Gasteiger partial charge in [0.1, 0.15) is 5.78 Å². The van der Waals surface area contributed by atoms with Crippen molar-refractivity contribution < 1.29 is 62.6 Å². The fraction of sp³-hybridized carbons (Fsp3) is 0.853. The Bertz CT molecular complexity index is 1240. The van der Waals surface area contributed by atoms with Crippen LogP contribution in [-0.4, -0.2) is 96.5 Å². The third kappa shape index (κ3) is 6.57. The van der Waals surface area contributed by atoms with Gasteiger partial charge in [-0.05, 0) is 79.4 Å². The van der Waals surface area contributed by atoms with Gasteiger partial charge in [0, 0.05) is 33.1 Å². The molecule has 13 nitrogen and oxygen atoms in total. The number of methoxy groups -OCH3 is 1. The number of esters is 4. The van der Waals surface area contributed by atoms with Crippen molar-refractivity contribution >= 4 is 29.7 Å². The third-order valence-corrected chi connectivity index (χ3v) is 12.2. The smallest absolute Gasteiger partial charge is 0.339 e. The number of aliphatic hydroxyl groups excluding tert-OH is 2. The largest absolute Gasteiger partial charge is 0.467 e. The van der Waals surface area contributed by atoms with Gasteiger partial charge in [0.05, 0.1) is 25.9 Å². The van der Waals surface area contributed by atoms with Gasteiger partial charge in [-0.1, -0.05) is 13.8 Å². The summed E-state index contributed by atoms with van der Waals surface area (Å²) < 4.78 is 33.7. The number of hydrogen-bond donors (Lipinski definition) is 2. The lowest BCUT2D eigenvalue weighted by atomic mass is 9.44. The van der Waals surface area contributed by atoms with Crippen molar-refractivity contribution in [1.82, 2.24) is 0 Å². The first-order valence-electron chi connectivity index (χ1n) is 16.9. The molecule has 1 saturated heterocycles. The highest BCUT2D eigenvalue weighted by Gasteiger charge is 2.64. The average molecular weight is 667 g/mol. The zero-order valence-electron chi connectivity index (χ0n) is 28.2. The SMILES string of the molecule is COC(=O)C1O[C@@H](O[C@@H]2CCC3(C)C(CCC4C5CCC(C(O)CO)C5(C)CC(=O)C43)C2)[C@H](OC(C)=O)[C@@H](OC(C)=O)[C@@H]1OC(C)=O. The van der Waals surface area contributed by atoms with Crippen molar-refractivity contribution in [3.05, 3.63) is 0 Å². The fourth-order valence-corrected chi connectivity index (χ4v) is 10.3. The second-order valence-electron chi connectivity index (χ2n) is 14.8. The molecule has 1 heterocycles. The zero-order valence-corrected chi connectivity index (χ0v) is 28.2. The Morgan fingerprint density at radius 1 is 0.894 bits per heavy atom. The Hall–Kier alpha value is -2.61. The maximum Gasteiger partial charge on any atom is 0.339 e. The van der Waals surface area contributed by atoms with Crippen LogP contribution < -0.4 is 0 Å². The lowest BCUT2D eigenvalue weighted by molar-refractivity contribution is -0.314. The minimum Gasteiger partial charge on any atom is -0.467 e. The van der Waals surface area contributed by atoms with Gasteiger partial charge in [-0.25, -0.2) is 4.79 Å². The Morgan fingerprint density at radius 2 is 1.53 bits per heavy atom. The molecule has 4 saturated carbocycles. The minimum absolute atomic E-state index is 0.0946. The Morgan fingerprint density at radius 3 is 2.15 bits per heavy atom. The molecule has 5 fully saturated rings. The van der Waals surface area contributed by atoms with E-state index in [0.29, 0.717) is 31.6 Å². The first-order chi connectivity index (χ1) is 22.1. The number of Topliss-reactive ketones (excluding diaryl/α,β-unsaturated/α-hetero) is 1. The molecule has 0 bridgehead atoms. The van der Waals surface area contributed by atoms with Crippen LogP contribution in [0.4, 0.5) is 0 Å². The third-order valence-electron chi connectivity index (χ3n) is 12.2. The van der Waals surface area contributed by atoms with Gasteiger partial charge in [0.2, 0.25) is 0 Å². The second-order valence-corrected chi connectivity index (χ2v) is 14.8. The number of carbonyl (C=O) groups excluding carboxylic acids is 5. The molecule has 0 aromatic carbocycles. The number of ketones is 1. The molecule has 13 heteroatoms. The molecule has 4 aliphatic carbocycles. The summed E-state index contributed by atoms with van der Waals surface area (Å²) >= 11 is 0. The van der Waals surface area contributed by atoms with E-state index in [2.05, 4.69) is 13.8 Å². The van der Waals surface area contributed by atoms with Crippen LogP contribution in [0.3, 0.4) is 0 Å². The van der Waals surface area contributed by atoms with E-state index in [1.54, 1.807) is 0 Å². The van der Waals surface area contributed by atoms with Gasteiger partial charge in [-0.3, -0.25) is 19.2 Å². The highest BCUT2D eigenvalue weighted by Crippen LogP contribution is 2.67. The van der Waals surface area contributed by atoms with E-state index in [0.717, 1.165) is 46.6 Å². The van der Waals surface area contributed by atoms with Gasteiger partial charge in [0.25, 0.3) is 0 Å². The second kappa shape index (κ2) is 13.7. The number of hydrogen-bond acceptors (Lipinski definition) is 13. The molecule has 0 aromatic rings. The minimum atomic E-state index is -1.52. The van der Waals surface area contributed by atoms with Crippen LogP contribution in [0.2, 0.25) is 0 Å². The van der Waals surface area contributed by atoms with Crippen LogP contribution in [0.15, 0.2) is 0 Å². The van der Waals surface area contributed by atoms with Gasteiger partial charge >= 0.3 is 23.9 Å². The van der Waals surface area contributed by atoms with Crippen molar-refractivity contribution in [3.63, 3.8) is 0 Å². The van der Waals surface area contributed by atoms with Gasteiger partial charge in [-0.2, -0.15) is 0 Å². The van der Waals surface area contributed by atoms with Crippen LogP contribution >= 0.6 is 0 Å². The normalized spacial score (nSPS) is 43.4. The van der Waals surface area contributed by atoms with E-state index in [9.17, 15) is 34.2 Å². The summed E-state index contributed by atoms with van der Waals surface area (Å²) in [5.41, 5.74) is -0.584. The van der Waals surface area contributed by atoms with Gasteiger partial charge in [-0.15, -0.1) is 0 Å². The van der Waals surface area contributed by atoms with Crippen molar-refractivity contribution in [2.45, 2.75) is 129 Å². The summed E-state index contributed by atoms with van der Waals surface area (Å²) in [5, 5.41) is 20.3. The van der Waals surface area contributed by atoms with E-state index in [1.807, 2.05) is 0 Å². The highest BCUT2D eigenvalue weighted by molar-refractivity contribution is 5.84. The maximum absolute atomic E-state index is 14.0. The lowest BCUT2D eigenvalue weighted by Gasteiger charge is -2.60. The predicted molar refractivity (Wildman–Crippen MR) is 161 cm³/mol. The molecule has 47 heavy (non-hydrogen) atoms. The van der Waals surface area contributed by atoms with Crippen LogP contribution in [0, 0.1) is 40.4 Å². The summed E-state index contributed by atoms with van der Waals surface area (Å²) in [6.07, 6.45) is -2.54. The quantitative estimate of drug-likeness (QED) is 0.219. The first-order valence-corrected chi connectivity index (χ1v) is 16.9. The molecule has 14 atom stereocenters. The molecular formula is C34H50O13. The summed E-state index contributed by atoms with van der Waals surface area (Å²) in [6.45, 7) is 7.48. The molecular weight excluding hydrogens is 616 g/mol. The van der Waals surface area contributed by atoms with Gasteiger partial charge in [0.15, 0.2) is 30.7 Å². The van der Waals surface area contributed by atoms with E-state index < -0.39 is 66.8 Å². The van der Waals surface area contributed by atoms with Crippen molar-refractivity contribution in [2.24, 2.45) is 40.4 Å². The van der Waals surface area contributed by atoms with Crippen molar-refractivity contribution in [1.29, 1.82) is 0 Å². The summed E-state index contributed by atoms with van der Waals surface area (Å²) in [7, 11) is 1.14. The van der Waals surface area contributed by atoms with Crippen LogP contribution in [-0.2, 0) is 52.4 Å². The van der Waals surface area contributed by atoms with E-state index in [-0.39, 0.29) is 46.9 Å². The van der Waals surface area contributed by atoms with Crippen molar-refractivity contribution in [2.75, 3.05) is 13.7 Å². The molecule has 0 amide bonds. The van der Waals surface area contributed by atoms with Crippen LogP contribution in [0.5, 0.6) is 0 Å². The molecule has 0 spiro atoms. The number of aliphatic hydroxyl groups is 2. The first kappa shape index (κ1) is 35.7. The predicted octanol–water partition coefficient (Wildman–Crippen LogP) is 2.26. The average Bonchev–Trinajstić information content (AvgIpc) is 3.34. The lowest BCUT2D eigenvalue weighted by Crippen LogP contribution is -2.64. The molecule has 9 unspecified atom stereocenters. The Balaban J connectivity index is 1.36. The molecule has 0 aromatic heterocycles. The standard InChI is InChI=1S/C34H50O13/c1-16(36)43-27-28(44-17(2)37)30(45-18(3)38)32(47-29(27)31(41)42-6)46-20-11-12-33(4)19(13-20)7-8-21-22-9-10-23(25(40)15-35)34(22,5)14-24(39)26(21)33/h19-23,25-30,32,35,40H,7-15H2,1-6H3/t19?,20-,21?,22?,23?,25?,26?,27+,28+,29?,30-,32-,33?,34?/m1/s1. The Kier molecular flexibility index (Phi) is 10.4. The zero-order chi connectivity index (χ0) is 34.4.